The highest BCUT2D eigenvalue weighted by molar-refractivity contribution is 8.00. The third-order valence-electron chi connectivity index (χ3n) is 5.90. The minimum atomic E-state index is -1.44. The maximum Gasteiger partial charge on any atom is 0.168 e. The highest BCUT2D eigenvalue weighted by atomic mass is 35.5. The lowest BCUT2D eigenvalue weighted by Gasteiger charge is -2.45. The molecule has 2 heterocycles. The lowest BCUT2D eigenvalue weighted by Crippen LogP contribution is -2.58. The summed E-state index contributed by atoms with van der Waals surface area (Å²) in [5, 5.41) is 50.6. The van der Waals surface area contributed by atoms with Gasteiger partial charge in [0.25, 0.3) is 0 Å². The molecule has 1 spiro atoms. The highest BCUT2D eigenvalue weighted by Crippen LogP contribution is 2.54. The van der Waals surface area contributed by atoms with Crippen molar-refractivity contribution >= 4 is 23.4 Å². The first-order valence-electron chi connectivity index (χ1n) is 9.82. The lowest BCUT2D eigenvalue weighted by atomic mass is 9.91. The predicted molar refractivity (Wildman–Crippen MR) is 114 cm³/mol. The quantitative estimate of drug-likeness (QED) is 0.481. The van der Waals surface area contributed by atoms with E-state index in [1.165, 1.54) is 0 Å². The summed E-state index contributed by atoms with van der Waals surface area (Å²) in [5.74, 6) is 0. The van der Waals surface area contributed by atoms with Gasteiger partial charge in [0.1, 0.15) is 12.2 Å². The van der Waals surface area contributed by atoms with Gasteiger partial charge in [0, 0.05) is 10.6 Å². The van der Waals surface area contributed by atoms with Crippen molar-refractivity contribution in [2.75, 3.05) is 6.61 Å². The number of fused-ring (bicyclic) bond motifs is 2. The maximum absolute atomic E-state index is 10.8. The highest BCUT2D eigenvalue weighted by Gasteiger charge is 2.57. The van der Waals surface area contributed by atoms with Crippen LogP contribution >= 0.6 is 23.4 Å². The molecule has 0 amide bonds. The van der Waals surface area contributed by atoms with Crippen molar-refractivity contribution < 1.29 is 30.3 Å². The van der Waals surface area contributed by atoms with Crippen LogP contribution in [0.1, 0.15) is 40.8 Å². The van der Waals surface area contributed by atoms with Crippen molar-refractivity contribution in [3.05, 3.63) is 69.2 Å². The van der Waals surface area contributed by atoms with Crippen LogP contribution in [-0.4, -0.2) is 55.7 Å². The van der Waals surface area contributed by atoms with Crippen LogP contribution < -0.4 is 0 Å². The molecule has 2 aliphatic rings. The number of benzene rings is 2. The van der Waals surface area contributed by atoms with E-state index in [4.69, 9.17) is 16.3 Å². The lowest BCUT2D eigenvalue weighted by molar-refractivity contribution is -0.147. The van der Waals surface area contributed by atoms with Gasteiger partial charge in [0.15, 0.2) is 4.93 Å². The van der Waals surface area contributed by atoms with Crippen molar-refractivity contribution in [2.45, 2.75) is 54.6 Å². The van der Waals surface area contributed by atoms with Crippen LogP contribution in [0.2, 0.25) is 5.02 Å². The fourth-order valence-corrected chi connectivity index (χ4v) is 5.92. The van der Waals surface area contributed by atoms with Gasteiger partial charge in [0.2, 0.25) is 0 Å². The standard InChI is InChI=1S/C22H25ClO6S/c1-11(25)13-4-2-12(3-5-13)6-14-7-16-15(8-17(14)23)10-29-22(16)21(28)20(27)19(26)18(9-24)30-22/h2-5,7-8,11,18-21,24-28H,6,9-10H2,1H3/t11?,18-,19-,20+,21-,22+/m1/s1. The summed E-state index contributed by atoms with van der Waals surface area (Å²) < 4.78 is 5.96. The Morgan fingerprint density at radius 2 is 1.87 bits per heavy atom. The molecule has 0 bridgehead atoms. The van der Waals surface area contributed by atoms with E-state index in [1.807, 2.05) is 36.4 Å². The van der Waals surface area contributed by atoms with Crippen molar-refractivity contribution in [1.29, 1.82) is 0 Å². The average Bonchev–Trinajstić information content (AvgIpc) is 3.08. The summed E-state index contributed by atoms with van der Waals surface area (Å²) in [6.45, 7) is 1.57. The normalized spacial score (nSPS) is 31.7. The van der Waals surface area contributed by atoms with E-state index in [1.54, 1.807) is 6.92 Å². The molecule has 0 radical (unpaired) electrons. The first-order chi connectivity index (χ1) is 14.3. The monoisotopic (exact) mass is 452 g/mol. The number of halogens is 1. The first kappa shape index (κ1) is 22.0. The second kappa shape index (κ2) is 8.41. The molecule has 1 saturated heterocycles. The molecule has 5 N–H and O–H groups in total. The summed E-state index contributed by atoms with van der Waals surface area (Å²) in [7, 11) is 0. The Bertz CT molecular complexity index is 919. The topological polar surface area (TPSA) is 110 Å². The van der Waals surface area contributed by atoms with Gasteiger partial charge in [-0.25, -0.2) is 0 Å². The summed E-state index contributed by atoms with van der Waals surface area (Å²) in [6, 6.07) is 11.3. The Morgan fingerprint density at radius 3 is 2.50 bits per heavy atom. The maximum atomic E-state index is 10.8. The number of hydrogen-bond acceptors (Lipinski definition) is 7. The van der Waals surface area contributed by atoms with E-state index in [9.17, 15) is 25.5 Å². The van der Waals surface area contributed by atoms with Gasteiger partial charge in [-0.2, -0.15) is 0 Å². The second-order valence-electron chi connectivity index (χ2n) is 7.92. The van der Waals surface area contributed by atoms with E-state index in [-0.39, 0.29) is 13.2 Å². The molecule has 8 heteroatoms. The molecule has 6 atom stereocenters. The van der Waals surface area contributed by atoms with Gasteiger partial charge in [0.05, 0.1) is 30.7 Å². The van der Waals surface area contributed by atoms with E-state index >= 15 is 0 Å². The Labute approximate surface area is 184 Å². The van der Waals surface area contributed by atoms with E-state index in [0.29, 0.717) is 17.0 Å². The van der Waals surface area contributed by atoms with Crippen molar-refractivity contribution in [1.82, 2.24) is 0 Å². The number of aliphatic hydroxyl groups is 5. The van der Waals surface area contributed by atoms with E-state index in [0.717, 1.165) is 34.0 Å². The third kappa shape index (κ3) is 3.67. The SMILES string of the molecule is CC(O)c1ccc(Cc2cc3c(cc2Cl)CO[C@]32S[C@H](CO)[C@@H](O)[C@H](O)[C@H]2O)cc1. The number of rotatable bonds is 4. The van der Waals surface area contributed by atoms with Gasteiger partial charge < -0.3 is 30.3 Å². The average molecular weight is 453 g/mol. The molecule has 2 aliphatic heterocycles. The van der Waals surface area contributed by atoms with Gasteiger partial charge in [-0.1, -0.05) is 35.9 Å². The van der Waals surface area contributed by atoms with E-state index in [2.05, 4.69) is 0 Å². The molecule has 30 heavy (non-hydrogen) atoms. The molecule has 1 unspecified atom stereocenters. The zero-order valence-electron chi connectivity index (χ0n) is 16.4. The number of aliphatic hydroxyl groups excluding tert-OH is 5. The second-order valence-corrected chi connectivity index (χ2v) is 9.77. The molecule has 1 fully saturated rings. The van der Waals surface area contributed by atoms with Crippen molar-refractivity contribution in [3.8, 4) is 0 Å². The summed E-state index contributed by atoms with van der Waals surface area (Å²) >= 11 is 7.64. The van der Waals surface area contributed by atoms with Crippen LogP contribution in [0.15, 0.2) is 36.4 Å². The molecule has 6 nitrogen and oxygen atoms in total. The minimum Gasteiger partial charge on any atom is -0.395 e. The predicted octanol–water partition coefficient (Wildman–Crippen LogP) is 1.86. The van der Waals surface area contributed by atoms with Crippen LogP contribution in [0.5, 0.6) is 0 Å². The molecule has 0 saturated carbocycles. The Kier molecular flexibility index (Phi) is 6.18. The Hall–Kier alpha value is -1.16. The summed E-state index contributed by atoms with van der Waals surface area (Å²) in [6.07, 6.45) is -4.06. The Balaban J connectivity index is 1.69. The van der Waals surface area contributed by atoms with Crippen LogP contribution in [0, 0.1) is 0 Å². The first-order valence-corrected chi connectivity index (χ1v) is 11.1. The minimum absolute atomic E-state index is 0.212. The fourth-order valence-electron chi connectivity index (χ4n) is 4.12. The number of hydrogen-bond donors (Lipinski definition) is 5. The van der Waals surface area contributed by atoms with Gasteiger partial charge in [-0.3, -0.25) is 0 Å². The molecular weight excluding hydrogens is 428 g/mol. The number of ether oxygens (including phenoxy) is 1. The molecule has 2 aromatic rings. The van der Waals surface area contributed by atoms with Crippen molar-refractivity contribution in [3.63, 3.8) is 0 Å². The Morgan fingerprint density at radius 1 is 1.17 bits per heavy atom. The van der Waals surface area contributed by atoms with Crippen LogP contribution in [0.3, 0.4) is 0 Å². The smallest absolute Gasteiger partial charge is 0.168 e. The molecule has 162 valence electrons. The molecule has 0 aliphatic carbocycles. The summed E-state index contributed by atoms with van der Waals surface area (Å²) in [4.78, 5) is -1.28. The van der Waals surface area contributed by atoms with Crippen LogP contribution in [0.4, 0.5) is 0 Å². The van der Waals surface area contributed by atoms with Gasteiger partial charge in [-0.15, -0.1) is 11.8 Å². The molecule has 0 aromatic heterocycles. The van der Waals surface area contributed by atoms with Gasteiger partial charge in [-0.05, 0) is 47.7 Å². The largest absolute Gasteiger partial charge is 0.395 e. The van der Waals surface area contributed by atoms with Crippen LogP contribution in [-0.2, 0) is 22.7 Å². The summed E-state index contributed by atoms with van der Waals surface area (Å²) in [5.41, 5.74) is 4.17. The zero-order chi connectivity index (χ0) is 21.6. The molecule has 4 rings (SSSR count). The van der Waals surface area contributed by atoms with Crippen molar-refractivity contribution in [2.24, 2.45) is 0 Å². The number of thioether (sulfide) groups is 1. The van der Waals surface area contributed by atoms with Gasteiger partial charge >= 0.3 is 0 Å². The zero-order valence-corrected chi connectivity index (χ0v) is 18.0. The van der Waals surface area contributed by atoms with E-state index < -0.39 is 34.6 Å². The third-order valence-corrected chi connectivity index (χ3v) is 7.91. The molecular formula is C22H25ClO6S. The molecule has 2 aromatic carbocycles. The van der Waals surface area contributed by atoms with Crippen LogP contribution in [0.25, 0.3) is 0 Å². The fraction of sp³-hybridized carbons (Fsp3) is 0.455.